The molecule has 1 saturated carbocycles. The molecule has 3 nitrogen and oxygen atoms in total. The predicted octanol–water partition coefficient (Wildman–Crippen LogP) is 2.76. The second-order valence-electron chi connectivity index (χ2n) is 4.81. The Hall–Kier alpha value is -0.900. The first-order valence-corrected chi connectivity index (χ1v) is 6.73. The second-order valence-corrected chi connectivity index (χ2v) is 4.81. The van der Waals surface area contributed by atoms with Crippen LogP contribution in [-0.2, 0) is 9.47 Å². The zero-order valence-electron chi connectivity index (χ0n) is 11.1. The van der Waals surface area contributed by atoms with Crippen LogP contribution in [0.15, 0.2) is 30.3 Å². The third kappa shape index (κ3) is 2.58. The minimum atomic E-state index is -0.266. The monoisotopic (exact) mass is 250 g/mol. The largest absolute Gasteiger partial charge is 0.396 e. The van der Waals surface area contributed by atoms with E-state index in [0.29, 0.717) is 19.1 Å². The van der Waals surface area contributed by atoms with Gasteiger partial charge in [0, 0.05) is 11.0 Å². The molecule has 1 aromatic rings. The Morgan fingerprint density at radius 1 is 1.22 bits per heavy atom. The van der Waals surface area contributed by atoms with Crippen LogP contribution in [0.1, 0.15) is 32.1 Å². The van der Waals surface area contributed by atoms with Crippen molar-refractivity contribution < 1.29 is 14.6 Å². The Morgan fingerprint density at radius 3 is 2.61 bits per heavy atom. The molecule has 18 heavy (non-hydrogen) atoms. The van der Waals surface area contributed by atoms with Crippen molar-refractivity contribution in [1.29, 1.82) is 0 Å². The average molecular weight is 250 g/mol. The standard InChI is InChI=1S/C13H16O3.C2H6/c14-8-13-6-11(13)7-15-12(16-9-13)10-4-2-1-3-5-10;1-2/h1-5,11-12,14H,6-9H2;1-2H3. The van der Waals surface area contributed by atoms with Crippen LogP contribution in [0.2, 0.25) is 0 Å². The van der Waals surface area contributed by atoms with Gasteiger partial charge in [-0.1, -0.05) is 44.2 Å². The van der Waals surface area contributed by atoms with E-state index in [1.54, 1.807) is 0 Å². The van der Waals surface area contributed by atoms with Gasteiger partial charge in [-0.2, -0.15) is 0 Å². The molecule has 3 unspecified atom stereocenters. The highest BCUT2D eigenvalue weighted by Crippen LogP contribution is 2.54. The fraction of sp³-hybridized carbons (Fsp3) is 0.600. The van der Waals surface area contributed by atoms with E-state index >= 15 is 0 Å². The van der Waals surface area contributed by atoms with Crippen LogP contribution in [0.5, 0.6) is 0 Å². The molecule has 3 rings (SSSR count). The Morgan fingerprint density at radius 2 is 1.94 bits per heavy atom. The van der Waals surface area contributed by atoms with Crippen LogP contribution in [0.4, 0.5) is 0 Å². The van der Waals surface area contributed by atoms with Gasteiger partial charge < -0.3 is 14.6 Å². The number of rotatable bonds is 2. The molecule has 0 bridgehead atoms. The molecular formula is C15H22O3. The summed E-state index contributed by atoms with van der Waals surface area (Å²) in [4.78, 5) is 0. The van der Waals surface area contributed by atoms with Crippen molar-refractivity contribution in [3.8, 4) is 0 Å². The van der Waals surface area contributed by atoms with Crippen molar-refractivity contribution in [2.24, 2.45) is 11.3 Å². The van der Waals surface area contributed by atoms with Gasteiger partial charge in [0.25, 0.3) is 0 Å². The van der Waals surface area contributed by atoms with Crippen LogP contribution in [0, 0.1) is 11.3 Å². The van der Waals surface area contributed by atoms with E-state index in [1.165, 1.54) is 0 Å². The van der Waals surface area contributed by atoms with Crippen molar-refractivity contribution >= 4 is 0 Å². The van der Waals surface area contributed by atoms with Crippen LogP contribution < -0.4 is 0 Å². The van der Waals surface area contributed by atoms with Gasteiger partial charge in [-0.3, -0.25) is 0 Å². The maximum atomic E-state index is 9.34. The molecule has 3 heteroatoms. The molecule has 2 aliphatic rings. The highest BCUT2D eigenvalue weighted by molar-refractivity contribution is 5.16. The van der Waals surface area contributed by atoms with Gasteiger partial charge >= 0.3 is 0 Å². The maximum absolute atomic E-state index is 9.34. The first-order valence-electron chi connectivity index (χ1n) is 6.73. The van der Waals surface area contributed by atoms with Crippen LogP contribution in [0.25, 0.3) is 0 Å². The molecule has 1 aliphatic carbocycles. The lowest BCUT2D eigenvalue weighted by Gasteiger charge is -2.18. The molecule has 1 saturated heterocycles. The number of ether oxygens (including phenoxy) is 2. The van der Waals surface area contributed by atoms with Gasteiger partial charge in [0.2, 0.25) is 0 Å². The summed E-state index contributed by atoms with van der Waals surface area (Å²) in [6, 6.07) is 9.96. The molecule has 3 atom stereocenters. The van der Waals surface area contributed by atoms with Gasteiger partial charge in [-0.05, 0) is 12.3 Å². The fourth-order valence-electron chi connectivity index (χ4n) is 2.38. The Labute approximate surface area is 109 Å². The smallest absolute Gasteiger partial charge is 0.183 e. The Balaban J connectivity index is 0.000000574. The van der Waals surface area contributed by atoms with E-state index in [0.717, 1.165) is 12.0 Å². The lowest BCUT2D eigenvalue weighted by atomic mass is 10.1. The van der Waals surface area contributed by atoms with E-state index in [1.807, 2.05) is 44.2 Å². The van der Waals surface area contributed by atoms with E-state index in [-0.39, 0.29) is 18.3 Å². The molecule has 1 N–H and O–H groups in total. The average Bonchev–Trinajstić information content (AvgIpc) is 3.17. The summed E-state index contributed by atoms with van der Waals surface area (Å²) in [5.74, 6) is 0.478. The third-order valence-electron chi connectivity index (χ3n) is 3.72. The SMILES string of the molecule is CC.OCC12COC(c3ccccc3)OCC1C2. The van der Waals surface area contributed by atoms with Crippen LogP contribution >= 0.6 is 0 Å². The van der Waals surface area contributed by atoms with Crippen molar-refractivity contribution in [2.45, 2.75) is 26.6 Å². The van der Waals surface area contributed by atoms with Gasteiger partial charge in [0.15, 0.2) is 6.29 Å². The lowest BCUT2D eigenvalue weighted by molar-refractivity contribution is -0.143. The number of fused-ring (bicyclic) bond motifs is 1. The quantitative estimate of drug-likeness (QED) is 0.877. The third-order valence-corrected chi connectivity index (χ3v) is 3.72. The van der Waals surface area contributed by atoms with E-state index < -0.39 is 0 Å². The lowest BCUT2D eigenvalue weighted by Crippen LogP contribution is -2.17. The minimum absolute atomic E-state index is 0.0104. The van der Waals surface area contributed by atoms with Crippen LogP contribution in [-0.4, -0.2) is 24.9 Å². The van der Waals surface area contributed by atoms with E-state index in [9.17, 15) is 5.11 Å². The van der Waals surface area contributed by atoms with Gasteiger partial charge in [-0.25, -0.2) is 0 Å². The van der Waals surface area contributed by atoms with Crippen molar-refractivity contribution in [2.75, 3.05) is 19.8 Å². The maximum Gasteiger partial charge on any atom is 0.183 e. The fourth-order valence-corrected chi connectivity index (χ4v) is 2.38. The Kier molecular flexibility index (Phi) is 4.38. The highest BCUT2D eigenvalue weighted by atomic mass is 16.7. The summed E-state index contributed by atoms with van der Waals surface area (Å²) in [6.45, 7) is 5.51. The number of hydrogen-bond donors (Lipinski definition) is 1. The second kappa shape index (κ2) is 5.83. The van der Waals surface area contributed by atoms with Crippen molar-refractivity contribution in [3.05, 3.63) is 35.9 Å². The molecule has 100 valence electrons. The first-order chi connectivity index (χ1) is 8.84. The van der Waals surface area contributed by atoms with Gasteiger partial charge in [0.1, 0.15) is 0 Å². The van der Waals surface area contributed by atoms with Gasteiger partial charge in [0.05, 0.1) is 19.8 Å². The van der Waals surface area contributed by atoms with E-state index in [4.69, 9.17) is 9.47 Å². The summed E-state index contributed by atoms with van der Waals surface area (Å²) in [5, 5.41) is 9.34. The molecule has 1 aliphatic heterocycles. The molecule has 2 fully saturated rings. The molecule has 0 radical (unpaired) electrons. The summed E-state index contributed by atoms with van der Waals surface area (Å²) < 4.78 is 11.5. The zero-order chi connectivity index (χ0) is 13.0. The van der Waals surface area contributed by atoms with Crippen LogP contribution in [0.3, 0.4) is 0 Å². The summed E-state index contributed by atoms with van der Waals surface area (Å²) >= 11 is 0. The van der Waals surface area contributed by atoms with Gasteiger partial charge in [-0.15, -0.1) is 0 Å². The summed E-state index contributed by atoms with van der Waals surface area (Å²) in [7, 11) is 0. The number of hydrogen-bond acceptors (Lipinski definition) is 3. The topological polar surface area (TPSA) is 38.7 Å². The molecular weight excluding hydrogens is 228 g/mol. The van der Waals surface area contributed by atoms with Crippen molar-refractivity contribution in [3.63, 3.8) is 0 Å². The first kappa shape index (κ1) is 13.5. The molecule has 1 aromatic carbocycles. The predicted molar refractivity (Wildman–Crippen MR) is 70.1 cm³/mol. The molecule has 0 amide bonds. The zero-order valence-corrected chi connectivity index (χ0v) is 11.1. The summed E-state index contributed by atoms with van der Waals surface area (Å²) in [5.41, 5.74) is 1.04. The minimum Gasteiger partial charge on any atom is -0.396 e. The summed E-state index contributed by atoms with van der Waals surface area (Å²) in [6.07, 6.45) is 0.766. The highest BCUT2D eigenvalue weighted by Gasteiger charge is 2.55. The molecule has 1 heterocycles. The number of benzene rings is 1. The number of aliphatic hydroxyl groups excluding tert-OH is 1. The van der Waals surface area contributed by atoms with Crippen molar-refractivity contribution in [1.82, 2.24) is 0 Å². The molecule has 0 spiro atoms. The van der Waals surface area contributed by atoms with E-state index in [2.05, 4.69) is 0 Å². The normalized spacial score (nSPS) is 33.7. The molecule has 0 aromatic heterocycles. The Bertz CT molecular complexity index is 365. The number of aliphatic hydroxyl groups is 1.